The summed E-state index contributed by atoms with van der Waals surface area (Å²) in [5.41, 5.74) is 2.62. The Morgan fingerprint density at radius 3 is 2.31 bits per heavy atom. The first-order chi connectivity index (χ1) is 17.0. The Morgan fingerprint density at radius 2 is 1.63 bits per heavy atom. The number of nitrogens with zero attached hydrogens (tertiary/aromatic N) is 2. The zero-order valence-electron chi connectivity index (χ0n) is 19.2. The van der Waals surface area contributed by atoms with Gasteiger partial charge in [-0.25, -0.2) is 0 Å². The number of thiocarbonyl (C=S) groups is 1. The fourth-order valence-electron chi connectivity index (χ4n) is 3.92. The van der Waals surface area contributed by atoms with Crippen LogP contribution in [0.1, 0.15) is 20.7 Å². The van der Waals surface area contributed by atoms with Crippen LogP contribution in [-0.2, 0) is 0 Å². The molecule has 0 unspecified atom stereocenters. The normalized spacial score (nSPS) is 13.2. The number of nitrogens with one attached hydrogen (secondary N) is 2. The highest BCUT2D eigenvalue weighted by molar-refractivity contribution is 7.80. The number of ether oxygens (including phenoxy) is 1. The summed E-state index contributed by atoms with van der Waals surface area (Å²) in [6.07, 6.45) is 0. The molecule has 0 aliphatic carbocycles. The predicted molar refractivity (Wildman–Crippen MR) is 143 cm³/mol. The van der Waals surface area contributed by atoms with Crippen LogP contribution >= 0.6 is 23.8 Å². The van der Waals surface area contributed by atoms with Gasteiger partial charge in [0.2, 0.25) is 0 Å². The Kier molecular flexibility index (Phi) is 7.84. The number of amides is 2. The molecule has 0 spiro atoms. The zero-order chi connectivity index (χ0) is 24.8. The number of hydrogen-bond donors (Lipinski definition) is 2. The predicted octanol–water partition coefficient (Wildman–Crippen LogP) is 4.44. The summed E-state index contributed by atoms with van der Waals surface area (Å²) in [4.78, 5) is 29.2. The minimum absolute atomic E-state index is 0.0413. The van der Waals surface area contributed by atoms with E-state index in [0.717, 1.165) is 5.69 Å². The second-order valence-corrected chi connectivity index (χ2v) is 8.74. The molecule has 4 rings (SSSR count). The SMILES string of the molecule is COc1ccccc1C(=O)NC(=S)Nc1ccc(N2CCN(C(=O)c3ccccc3)CC2)c(Cl)c1. The molecule has 9 heteroatoms. The smallest absolute Gasteiger partial charge is 0.261 e. The number of para-hydroxylation sites is 1. The monoisotopic (exact) mass is 508 g/mol. The Hall–Kier alpha value is -3.62. The maximum Gasteiger partial charge on any atom is 0.261 e. The van der Waals surface area contributed by atoms with Gasteiger partial charge in [0, 0.05) is 37.4 Å². The van der Waals surface area contributed by atoms with E-state index in [2.05, 4.69) is 15.5 Å². The lowest BCUT2D eigenvalue weighted by atomic mass is 10.1. The summed E-state index contributed by atoms with van der Waals surface area (Å²) in [7, 11) is 1.51. The van der Waals surface area contributed by atoms with E-state index < -0.39 is 0 Å². The zero-order valence-corrected chi connectivity index (χ0v) is 20.7. The number of benzene rings is 3. The Bertz CT molecular complexity index is 1230. The number of halogens is 1. The maximum absolute atomic E-state index is 12.7. The second kappa shape index (κ2) is 11.2. The van der Waals surface area contributed by atoms with Crippen molar-refractivity contribution < 1.29 is 14.3 Å². The van der Waals surface area contributed by atoms with Gasteiger partial charge in [0.1, 0.15) is 5.75 Å². The van der Waals surface area contributed by atoms with Gasteiger partial charge in [0.15, 0.2) is 5.11 Å². The number of piperazine rings is 1. The highest BCUT2D eigenvalue weighted by Crippen LogP contribution is 2.30. The lowest BCUT2D eigenvalue weighted by Crippen LogP contribution is -2.48. The summed E-state index contributed by atoms with van der Waals surface area (Å²) in [5.74, 6) is 0.135. The Labute approximate surface area is 214 Å². The first kappa shape index (κ1) is 24.5. The molecule has 0 bridgehead atoms. The second-order valence-electron chi connectivity index (χ2n) is 7.92. The van der Waals surface area contributed by atoms with Crippen LogP contribution < -0.4 is 20.3 Å². The molecule has 35 heavy (non-hydrogen) atoms. The van der Waals surface area contributed by atoms with Gasteiger partial charge in [0.05, 0.1) is 23.4 Å². The third-order valence-corrected chi connectivity index (χ3v) is 6.22. The van der Waals surface area contributed by atoms with E-state index >= 15 is 0 Å². The molecule has 180 valence electrons. The van der Waals surface area contributed by atoms with Crippen LogP contribution in [0.4, 0.5) is 11.4 Å². The van der Waals surface area contributed by atoms with Gasteiger partial charge < -0.3 is 19.9 Å². The van der Waals surface area contributed by atoms with Crippen molar-refractivity contribution in [2.45, 2.75) is 0 Å². The quantitative estimate of drug-likeness (QED) is 0.496. The number of anilines is 2. The van der Waals surface area contributed by atoms with Crippen LogP contribution in [0.2, 0.25) is 5.02 Å². The van der Waals surface area contributed by atoms with E-state index in [4.69, 9.17) is 28.6 Å². The standard InChI is InChI=1S/C26H25ClN4O3S/c1-34-23-10-6-5-9-20(23)24(32)29-26(35)28-19-11-12-22(21(27)17-19)30-13-15-31(16-14-30)25(33)18-7-3-2-4-8-18/h2-12,17H,13-16H2,1H3,(H2,28,29,32,35). The van der Waals surface area contributed by atoms with Crippen molar-refractivity contribution in [2.24, 2.45) is 0 Å². The molecule has 7 nitrogen and oxygen atoms in total. The van der Waals surface area contributed by atoms with Gasteiger partial charge in [0.25, 0.3) is 11.8 Å². The van der Waals surface area contributed by atoms with Gasteiger partial charge in [-0.2, -0.15) is 0 Å². The summed E-state index contributed by atoms with van der Waals surface area (Å²) in [6, 6.07) is 21.7. The minimum Gasteiger partial charge on any atom is -0.496 e. The van der Waals surface area contributed by atoms with Crippen LogP contribution in [0.15, 0.2) is 72.8 Å². The molecular formula is C26H25ClN4O3S. The maximum atomic E-state index is 12.7. The van der Waals surface area contributed by atoms with Crippen LogP contribution in [0.25, 0.3) is 0 Å². The van der Waals surface area contributed by atoms with E-state index in [0.29, 0.717) is 53.8 Å². The van der Waals surface area contributed by atoms with E-state index in [1.165, 1.54) is 7.11 Å². The molecule has 1 aliphatic heterocycles. The fourth-order valence-corrected chi connectivity index (χ4v) is 4.43. The summed E-state index contributed by atoms with van der Waals surface area (Å²) in [5, 5.41) is 6.35. The van der Waals surface area contributed by atoms with Crippen molar-refractivity contribution >= 4 is 52.1 Å². The summed E-state index contributed by atoms with van der Waals surface area (Å²) < 4.78 is 5.23. The van der Waals surface area contributed by atoms with Crippen LogP contribution in [0.5, 0.6) is 5.75 Å². The molecule has 3 aromatic carbocycles. The molecule has 1 heterocycles. The van der Waals surface area contributed by atoms with Crippen molar-refractivity contribution in [2.75, 3.05) is 43.5 Å². The molecule has 2 N–H and O–H groups in total. The molecule has 1 aliphatic rings. The summed E-state index contributed by atoms with van der Waals surface area (Å²) >= 11 is 11.9. The van der Waals surface area contributed by atoms with Crippen molar-refractivity contribution in [3.8, 4) is 5.75 Å². The number of methoxy groups -OCH3 is 1. The van der Waals surface area contributed by atoms with E-state index in [1.54, 1.807) is 30.3 Å². The van der Waals surface area contributed by atoms with Gasteiger partial charge in [-0.05, 0) is 54.7 Å². The average Bonchev–Trinajstić information content (AvgIpc) is 2.89. The molecule has 1 saturated heterocycles. The van der Waals surface area contributed by atoms with Crippen molar-refractivity contribution in [1.29, 1.82) is 0 Å². The number of carbonyl (C=O) groups excluding carboxylic acids is 2. The van der Waals surface area contributed by atoms with Gasteiger partial charge in [-0.3, -0.25) is 14.9 Å². The highest BCUT2D eigenvalue weighted by Gasteiger charge is 2.23. The van der Waals surface area contributed by atoms with Gasteiger partial charge >= 0.3 is 0 Å². The third kappa shape index (κ3) is 5.90. The largest absolute Gasteiger partial charge is 0.496 e. The highest BCUT2D eigenvalue weighted by atomic mass is 35.5. The number of carbonyl (C=O) groups is 2. The molecule has 0 saturated carbocycles. The number of hydrogen-bond acceptors (Lipinski definition) is 5. The first-order valence-electron chi connectivity index (χ1n) is 11.1. The molecule has 0 aromatic heterocycles. The molecule has 2 amide bonds. The van der Waals surface area contributed by atoms with Gasteiger partial charge in [-0.1, -0.05) is 41.9 Å². The topological polar surface area (TPSA) is 73.9 Å². The average molecular weight is 509 g/mol. The van der Waals surface area contributed by atoms with E-state index in [-0.39, 0.29) is 16.9 Å². The lowest BCUT2D eigenvalue weighted by molar-refractivity contribution is 0.0746. The lowest BCUT2D eigenvalue weighted by Gasteiger charge is -2.36. The van der Waals surface area contributed by atoms with E-state index in [1.807, 2.05) is 47.4 Å². The number of rotatable bonds is 5. The Balaban J connectivity index is 1.34. The molecule has 1 fully saturated rings. The third-order valence-electron chi connectivity index (χ3n) is 5.71. The molecule has 0 radical (unpaired) electrons. The minimum atomic E-state index is -0.370. The molecule has 0 atom stereocenters. The van der Waals surface area contributed by atoms with Crippen LogP contribution in [0, 0.1) is 0 Å². The fraction of sp³-hybridized carbons (Fsp3) is 0.192. The summed E-state index contributed by atoms with van der Waals surface area (Å²) in [6.45, 7) is 2.59. The molecule has 3 aromatic rings. The van der Waals surface area contributed by atoms with Gasteiger partial charge in [-0.15, -0.1) is 0 Å². The van der Waals surface area contributed by atoms with Crippen molar-refractivity contribution in [3.63, 3.8) is 0 Å². The van der Waals surface area contributed by atoms with E-state index in [9.17, 15) is 9.59 Å². The van der Waals surface area contributed by atoms with Crippen LogP contribution in [0.3, 0.4) is 0 Å². The molecular weight excluding hydrogens is 484 g/mol. The first-order valence-corrected chi connectivity index (χ1v) is 11.9. The Morgan fingerprint density at radius 1 is 0.943 bits per heavy atom. The van der Waals surface area contributed by atoms with Crippen molar-refractivity contribution in [1.82, 2.24) is 10.2 Å². The van der Waals surface area contributed by atoms with Crippen LogP contribution in [-0.4, -0.2) is 55.1 Å². The van der Waals surface area contributed by atoms with Crippen molar-refractivity contribution in [3.05, 3.63) is 88.9 Å².